The second-order valence-corrected chi connectivity index (χ2v) is 8.09. The zero-order chi connectivity index (χ0) is 18.8. The molecule has 1 fully saturated rings. The third-order valence-electron chi connectivity index (χ3n) is 5.69. The monoisotopic (exact) mass is 380 g/mol. The number of anilines is 1. The Labute approximate surface area is 166 Å². The molecule has 1 aromatic heterocycles. The van der Waals surface area contributed by atoms with Gasteiger partial charge in [-0.2, -0.15) is 0 Å². The lowest BCUT2D eigenvalue weighted by Crippen LogP contribution is -2.35. The van der Waals surface area contributed by atoms with Crippen LogP contribution in [0.1, 0.15) is 50.5 Å². The second-order valence-electron chi connectivity index (χ2n) is 7.10. The Hall–Kier alpha value is -2.01. The Kier molecular flexibility index (Phi) is 5.39. The van der Waals surface area contributed by atoms with E-state index >= 15 is 0 Å². The Morgan fingerprint density at radius 3 is 2.48 bits per heavy atom. The standard InChI is InChI=1S/C22H28N4S/c1-4-17-15-27-22-24-20(19-9-7-8-14-23-19)21(26(17)22)16-10-12-18(13-11-16)25(5-2)6-3/h7-14,17,20-21H,4-6,15H2,1-3H3/t17-,20+,21-/m1/s1. The summed E-state index contributed by atoms with van der Waals surface area (Å²) in [6, 6.07) is 16.1. The summed E-state index contributed by atoms with van der Waals surface area (Å²) in [5, 5.41) is 1.19. The molecule has 0 amide bonds. The fourth-order valence-corrected chi connectivity index (χ4v) is 5.52. The molecule has 2 aliphatic heterocycles. The van der Waals surface area contributed by atoms with Gasteiger partial charge in [0.25, 0.3) is 0 Å². The van der Waals surface area contributed by atoms with Crippen LogP contribution in [0.3, 0.4) is 0 Å². The highest BCUT2D eigenvalue weighted by Gasteiger charge is 2.45. The predicted molar refractivity (Wildman–Crippen MR) is 116 cm³/mol. The number of nitrogens with zero attached hydrogens (tertiary/aromatic N) is 4. The average molecular weight is 381 g/mol. The molecule has 0 unspecified atom stereocenters. The minimum atomic E-state index is 0.0716. The molecule has 5 heteroatoms. The van der Waals surface area contributed by atoms with Gasteiger partial charge < -0.3 is 9.80 Å². The molecule has 142 valence electrons. The Morgan fingerprint density at radius 1 is 1.07 bits per heavy atom. The quantitative estimate of drug-likeness (QED) is 0.713. The molecule has 2 aliphatic rings. The van der Waals surface area contributed by atoms with Crippen LogP contribution in [-0.2, 0) is 0 Å². The zero-order valence-corrected chi connectivity index (χ0v) is 17.2. The molecule has 4 rings (SSSR count). The summed E-state index contributed by atoms with van der Waals surface area (Å²) in [7, 11) is 0. The van der Waals surface area contributed by atoms with Crippen molar-refractivity contribution in [2.24, 2.45) is 4.99 Å². The van der Waals surface area contributed by atoms with Crippen molar-refractivity contribution in [3.8, 4) is 0 Å². The van der Waals surface area contributed by atoms with E-state index < -0.39 is 0 Å². The summed E-state index contributed by atoms with van der Waals surface area (Å²) in [5.74, 6) is 1.14. The van der Waals surface area contributed by atoms with Crippen LogP contribution in [-0.4, -0.2) is 39.9 Å². The summed E-state index contributed by atoms with van der Waals surface area (Å²) in [6.07, 6.45) is 3.03. The van der Waals surface area contributed by atoms with E-state index in [1.807, 2.05) is 24.0 Å². The van der Waals surface area contributed by atoms with Crippen LogP contribution in [0.2, 0.25) is 0 Å². The molecule has 0 aliphatic carbocycles. The van der Waals surface area contributed by atoms with Crippen molar-refractivity contribution in [2.75, 3.05) is 23.7 Å². The van der Waals surface area contributed by atoms with E-state index in [1.165, 1.54) is 16.4 Å². The van der Waals surface area contributed by atoms with Crippen LogP contribution in [0.4, 0.5) is 5.69 Å². The molecule has 0 radical (unpaired) electrons. The number of aromatic nitrogens is 1. The van der Waals surface area contributed by atoms with Gasteiger partial charge in [0.05, 0.1) is 11.7 Å². The van der Waals surface area contributed by atoms with Gasteiger partial charge >= 0.3 is 0 Å². The molecular formula is C22H28N4S. The maximum Gasteiger partial charge on any atom is 0.160 e. The van der Waals surface area contributed by atoms with E-state index in [-0.39, 0.29) is 12.1 Å². The fourth-order valence-electron chi connectivity index (χ4n) is 4.18. The SMILES string of the molecule is CC[C@@H]1CSC2=N[C@@H](c3ccccn3)[C@@H](c3ccc(N(CC)CC)cc3)N21. The number of hydrogen-bond acceptors (Lipinski definition) is 5. The number of benzene rings is 1. The molecule has 0 spiro atoms. The number of thioether (sulfide) groups is 1. The molecule has 27 heavy (non-hydrogen) atoms. The largest absolute Gasteiger partial charge is 0.372 e. The topological polar surface area (TPSA) is 31.7 Å². The molecule has 4 nitrogen and oxygen atoms in total. The van der Waals surface area contributed by atoms with Crippen LogP contribution >= 0.6 is 11.8 Å². The number of aliphatic imine (C=N–C) groups is 1. The number of rotatable bonds is 6. The summed E-state index contributed by atoms with van der Waals surface area (Å²) < 4.78 is 0. The van der Waals surface area contributed by atoms with E-state index in [1.54, 1.807) is 0 Å². The van der Waals surface area contributed by atoms with Crippen LogP contribution in [0.5, 0.6) is 0 Å². The van der Waals surface area contributed by atoms with Crippen LogP contribution in [0, 0.1) is 0 Å². The highest BCUT2D eigenvalue weighted by atomic mass is 32.2. The highest BCUT2D eigenvalue weighted by molar-refractivity contribution is 8.14. The van der Waals surface area contributed by atoms with Gasteiger partial charge in [-0.25, -0.2) is 0 Å². The van der Waals surface area contributed by atoms with Crippen molar-refractivity contribution in [3.63, 3.8) is 0 Å². The maximum atomic E-state index is 5.10. The number of fused-ring (bicyclic) bond motifs is 1. The van der Waals surface area contributed by atoms with Crippen LogP contribution < -0.4 is 4.90 Å². The lowest BCUT2D eigenvalue weighted by atomic mass is 9.95. The van der Waals surface area contributed by atoms with Gasteiger partial charge in [0.15, 0.2) is 5.17 Å². The summed E-state index contributed by atoms with van der Waals surface area (Å²) in [4.78, 5) is 14.7. The van der Waals surface area contributed by atoms with Crippen LogP contribution in [0.15, 0.2) is 53.7 Å². The minimum absolute atomic E-state index is 0.0716. The first-order chi connectivity index (χ1) is 13.3. The van der Waals surface area contributed by atoms with Gasteiger partial charge in [0, 0.05) is 36.8 Å². The fraction of sp³-hybridized carbons (Fsp3) is 0.455. The van der Waals surface area contributed by atoms with Crippen molar-refractivity contribution in [1.29, 1.82) is 0 Å². The normalized spacial score (nSPS) is 24.0. The van der Waals surface area contributed by atoms with E-state index in [0.717, 1.165) is 31.0 Å². The van der Waals surface area contributed by atoms with Crippen molar-refractivity contribution in [1.82, 2.24) is 9.88 Å². The molecule has 0 saturated carbocycles. The summed E-state index contributed by atoms with van der Waals surface area (Å²) in [6.45, 7) is 8.76. The third kappa shape index (κ3) is 3.33. The molecule has 3 heterocycles. The van der Waals surface area contributed by atoms with Crippen molar-refractivity contribution < 1.29 is 0 Å². The summed E-state index contributed by atoms with van der Waals surface area (Å²) in [5.41, 5.74) is 3.69. The van der Waals surface area contributed by atoms with Crippen molar-refractivity contribution in [2.45, 2.75) is 45.3 Å². The highest BCUT2D eigenvalue weighted by Crippen LogP contribution is 2.48. The lowest BCUT2D eigenvalue weighted by Gasteiger charge is -2.32. The Morgan fingerprint density at radius 2 is 1.85 bits per heavy atom. The lowest BCUT2D eigenvalue weighted by molar-refractivity contribution is 0.255. The smallest absolute Gasteiger partial charge is 0.160 e. The van der Waals surface area contributed by atoms with Crippen molar-refractivity contribution in [3.05, 3.63) is 59.9 Å². The number of hydrogen-bond donors (Lipinski definition) is 0. The molecular weight excluding hydrogens is 352 g/mol. The van der Waals surface area contributed by atoms with Gasteiger partial charge in [-0.1, -0.05) is 36.9 Å². The first-order valence-electron chi connectivity index (χ1n) is 10.0. The first-order valence-corrected chi connectivity index (χ1v) is 11.0. The molecule has 3 atom stereocenters. The first kappa shape index (κ1) is 18.4. The van der Waals surface area contributed by atoms with Gasteiger partial charge in [-0.15, -0.1) is 0 Å². The van der Waals surface area contributed by atoms with Gasteiger partial charge in [-0.05, 0) is 50.1 Å². The average Bonchev–Trinajstić information content (AvgIpc) is 3.29. The minimum Gasteiger partial charge on any atom is -0.372 e. The van der Waals surface area contributed by atoms with Gasteiger partial charge in [-0.3, -0.25) is 9.98 Å². The molecule has 1 saturated heterocycles. The summed E-state index contributed by atoms with van der Waals surface area (Å²) >= 11 is 1.90. The van der Waals surface area contributed by atoms with E-state index in [0.29, 0.717) is 6.04 Å². The Bertz CT molecular complexity index is 786. The van der Waals surface area contributed by atoms with E-state index in [9.17, 15) is 0 Å². The van der Waals surface area contributed by atoms with Crippen molar-refractivity contribution >= 4 is 22.6 Å². The zero-order valence-electron chi connectivity index (χ0n) is 16.4. The number of amidine groups is 1. The van der Waals surface area contributed by atoms with Gasteiger partial charge in [0.1, 0.15) is 6.04 Å². The number of pyridine rings is 1. The maximum absolute atomic E-state index is 5.10. The van der Waals surface area contributed by atoms with E-state index in [2.05, 4.69) is 72.0 Å². The molecule has 0 N–H and O–H groups in total. The Balaban J connectivity index is 1.71. The van der Waals surface area contributed by atoms with E-state index in [4.69, 9.17) is 4.99 Å². The second kappa shape index (κ2) is 7.93. The van der Waals surface area contributed by atoms with Gasteiger partial charge in [0.2, 0.25) is 0 Å². The molecule has 1 aromatic carbocycles. The third-order valence-corrected chi connectivity index (χ3v) is 6.82. The molecule has 2 aromatic rings. The molecule has 0 bridgehead atoms. The van der Waals surface area contributed by atoms with Crippen LogP contribution in [0.25, 0.3) is 0 Å². The predicted octanol–water partition coefficient (Wildman–Crippen LogP) is 4.91.